The Kier molecular flexibility index (Phi) is 5.66. The third kappa shape index (κ3) is 3.24. The topological polar surface area (TPSA) is 0 Å². The summed E-state index contributed by atoms with van der Waals surface area (Å²) in [6.07, 6.45) is 5.82. The number of alkyl halides is 1. The van der Waals surface area contributed by atoms with Crippen molar-refractivity contribution in [3.05, 3.63) is 0 Å². The SMILES string of the molecule is CC(Br)C1CCCC1.[H-].[H-].[Mg+2]. The van der Waals surface area contributed by atoms with Crippen LogP contribution in [0.15, 0.2) is 0 Å². The van der Waals surface area contributed by atoms with Gasteiger partial charge in [-0.2, -0.15) is 0 Å². The van der Waals surface area contributed by atoms with Gasteiger partial charge in [-0.15, -0.1) is 0 Å². The molecule has 0 saturated heterocycles. The van der Waals surface area contributed by atoms with Crippen LogP contribution in [0.2, 0.25) is 0 Å². The second kappa shape index (κ2) is 4.97. The molecule has 1 atom stereocenters. The first-order valence-corrected chi connectivity index (χ1v) is 4.36. The van der Waals surface area contributed by atoms with Gasteiger partial charge < -0.3 is 2.85 Å². The van der Waals surface area contributed by atoms with Gasteiger partial charge in [-0.05, 0) is 18.8 Å². The van der Waals surface area contributed by atoms with Gasteiger partial charge in [0.15, 0.2) is 0 Å². The Labute approximate surface area is 85.0 Å². The van der Waals surface area contributed by atoms with E-state index < -0.39 is 0 Å². The van der Waals surface area contributed by atoms with Crippen LogP contribution in [-0.4, -0.2) is 27.9 Å². The molecule has 0 aromatic carbocycles. The van der Waals surface area contributed by atoms with Crippen molar-refractivity contribution < 1.29 is 2.85 Å². The monoisotopic (exact) mass is 202 g/mol. The standard InChI is InChI=1S/C7H13Br.Mg.2H/c1-6(8)7-4-2-3-5-7;;;/h6-7H,2-5H2,1H3;;;/q;+2;2*-1. The summed E-state index contributed by atoms with van der Waals surface area (Å²) >= 11 is 3.60. The molecule has 0 amide bonds. The van der Waals surface area contributed by atoms with Crippen LogP contribution >= 0.6 is 15.9 Å². The molecule has 0 radical (unpaired) electrons. The zero-order valence-electron chi connectivity index (χ0n) is 8.07. The summed E-state index contributed by atoms with van der Waals surface area (Å²) in [5.74, 6) is 0.981. The van der Waals surface area contributed by atoms with Crippen LogP contribution in [0.25, 0.3) is 0 Å². The second-order valence-electron chi connectivity index (χ2n) is 2.72. The Morgan fingerprint density at radius 2 is 1.89 bits per heavy atom. The number of halogens is 1. The fourth-order valence-corrected chi connectivity index (χ4v) is 1.95. The molecule has 2 heteroatoms. The molecule has 0 nitrogen and oxygen atoms in total. The molecular formula is C7H15BrMg. The summed E-state index contributed by atoms with van der Waals surface area (Å²) in [4.78, 5) is 0.755. The maximum absolute atomic E-state index is 3.60. The maximum Gasteiger partial charge on any atom is 2.00 e. The van der Waals surface area contributed by atoms with Crippen LogP contribution in [0, 0.1) is 5.92 Å². The smallest absolute Gasteiger partial charge is 1.00 e. The van der Waals surface area contributed by atoms with Gasteiger partial charge in [0.2, 0.25) is 0 Å². The minimum Gasteiger partial charge on any atom is -1.00 e. The molecule has 1 aliphatic rings. The Hall–Kier alpha value is 1.25. The zero-order chi connectivity index (χ0) is 5.98. The first kappa shape index (κ1) is 10.2. The molecular weight excluding hydrogens is 188 g/mol. The minimum atomic E-state index is 0. The van der Waals surface area contributed by atoms with E-state index in [1.165, 1.54) is 25.7 Å². The van der Waals surface area contributed by atoms with Crippen molar-refractivity contribution in [2.24, 2.45) is 5.92 Å². The molecule has 1 fully saturated rings. The summed E-state index contributed by atoms with van der Waals surface area (Å²) < 4.78 is 0. The molecule has 1 saturated carbocycles. The molecule has 0 aromatic rings. The quantitative estimate of drug-likeness (QED) is 0.454. The van der Waals surface area contributed by atoms with Gasteiger partial charge >= 0.3 is 23.1 Å². The Bertz CT molecular complexity index is 74.8. The first-order valence-electron chi connectivity index (χ1n) is 3.45. The molecule has 0 heterocycles. The van der Waals surface area contributed by atoms with Crippen molar-refractivity contribution in [3.8, 4) is 0 Å². The molecule has 0 aliphatic heterocycles. The van der Waals surface area contributed by atoms with Crippen LogP contribution in [0.3, 0.4) is 0 Å². The number of hydrogen-bond donors (Lipinski definition) is 0. The minimum absolute atomic E-state index is 0. The van der Waals surface area contributed by atoms with E-state index in [9.17, 15) is 0 Å². The normalized spacial score (nSPS) is 23.3. The van der Waals surface area contributed by atoms with Gasteiger partial charge in [-0.1, -0.05) is 35.7 Å². The van der Waals surface area contributed by atoms with Gasteiger partial charge in [-0.3, -0.25) is 0 Å². The van der Waals surface area contributed by atoms with Crippen molar-refractivity contribution in [2.45, 2.75) is 37.4 Å². The van der Waals surface area contributed by atoms with Crippen molar-refractivity contribution >= 4 is 39.0 Å². The van der Waals surface area contributed by atoms with Gasteiger partial charge in [0.05, 0.1) is 0 Å². The fraction of sp³-hybridized carbons (Fsp3) is 1.00. The third-order valence-corrected chi connectivity index (χ3v) is 2.80. The van der Waals surface area contributed by atoms with E-state index in [-0.39, 0.29) is 25.9 Å². The van der Waals surface area contributed by atoms with Gasteiger partial charge in [0, 0.05) is 4.83 Å². The van der Waals surface area contributed by atoms with E-state index in [4.69, 9.17) is 0 Å². The molecule has 52 valence electrons. The Balaban J connectivity index is -0.000000213. The molecule has 0 N–H and O–H groups in total. The van der Waals surface area contributed by atoms with E-state index in [2.05, 4.69) is 22.9 Å². The van der Waals surface area contributed by atoms with Crippen LogP contribution in [0.5, 0.6) is 0 Å². The van der Waals surface area contributed by atoms with Crippen LogP contribution in [0.1, 0.15) is 35.5 Å². The van der Waals surface area contributed by atoms with Crippen LogP contribution < -0.4 is 0 Å². The van der Waals surface area contributed by atoms with Crippen LogP contribution in [-0.2, 0) is 0 Å². The third-order valence-electron chi connectivity index (χ3n) is 2.05. The van der Waals surface area contributed by atoms with Gasteiger partial charge in [0.25, 0.3) is 0 Å². The van der Waals surface area contributed by atoms with E-state index in [1.54, 1.807) is 0 Å². The Morgan fingerprint density at radius 3 is 2.11 bits per heavy atom. The van der Waals surface area contributed by atoms with E-state index >= 15 is 0 Å². The fourth-order valence-electron chi connectivity index (χ4n) is 1.42. The predicted molar refractivity (Wildman–Crippen MR) is 48.3 cm³/mol. The van der Waals surface area contributed by atoms with E-state index in [0.717, 1.165) is 10.7 Å². The summed E-state index contributed by atoms with van der Waals surface area (Å²) in [5.41, 5.74) is 0. The van der Waals surface area contributed by atoms with E-state index in [1.807, 2.05) is 0 Å². The summed E-state index contributed by atoms with van der Waals surface area (Å²) in [6.45, 7) is 2.26. The molecule has 1 rings (SSSR count). The first-order chi connectivity index (χ1) is 3.80. The largest absolute Gasteiger partial charge is 2.00 e. The van der Waals surface area contributed by atoms with E-state index in [0.29, 0.717) is 0 Å². The van der Waals surface area contributed by atoms with Crippen LogP contribution in [0.4, 0.5) is 0 Å². The summed E-state index contributed by atoms with van der Waals surface area (Å²) in [7, 11) is 0. The molecule has 0 aromatic heterocycles. The average molecular weight is 203 g/mol. The summed E-state index contributed by atoms with van der Waals surface area (Å²) in [5, 5.41) is 0. The summed E-state index contributed by atoms with van der Waals surface area (Å²) in [6, 6.07) is 0. The molecule has 0 spiro atoms. The van der Waals surface area contributed by atoms with Gasteiger partial charge in [0.1, 0.15) is 0 Å². The zero-order valence-corrected chi connectivity index (χ0v) is 9.07. The van der Waals surface area contributed by atoms with Crippen molar-refractivity contribution in [1.82, 2.24) is 0 Å². The van der Waals surface area contributed by atoms with Crippen molar-refractivity contribution in [1.29, 1.82) is 0 Å². The van der Waals surface area contributed by atoms with Crippen molar-refractivity contribution in [2.75, 3.05) is 0 Å². The number of hydrogen-bond acceptors (Lipinski definition) is 0. The maximum atomic E-state index is 3.60. The molecule has 9 heavy (non-hydrogen) atoms. The number of rotatable bonds is 1. The molecule has 0 bridgehead atoms. The Morgan fingerprint density at radius 1 is 1.44 bits per heavy atom. The predicted octanol–water partition coefficient (Wildman–Crippen LogP) is 2.80. The molecule has 1 aliphatic carbocycles. The van der Waals surface area contributed by atoms with Gasteiger partial charge in [-0.25, -0.2) is 0 Å². The second-order valence-corrected chi connectivity index (χ2v) is 4.17. The average Bonchev–Trinajstić information content (AvgIpc) is 2.12. The molecule has 1 unspecified atom stereocenters. The van der Waals surface area contributed by atoms with Crippen molar-refractivity contribution in [3.63, 3.8) is 0 Å².